The van der Waals surface area contributed by atoms with Crippen molar-refractivity contribution in [3.8, 4) is 22.6 Å². The lowest BCUT2D eigenvalue weighted by Crippen LogP contribution is -1.98. The first-order valence-electron chi connectivity index (χ1n) is 5.76. The highest BCUT2D eigenvalue weighted by molar-refractivity contribution is 5.82. The van der Waals surface area contributed by atoms with Gasteiger partial charge in [0.05, 0.1) is 20.4 Å². The lowest BCUT2D eigenvalue weighted by molar-refractivity contribution is 0.356. The van der Waals surface area contributed by atoms with E-state index in [2.05, 4.69) is 17.1 Å². The van der Waals surface area contributed by atoms with Crippen molar-refractivity contribution in [1.29, 1.82) is 0 Å². The van der Waals surface area contributed by atoms with Crippen molar-refractivity contribution in [1.82, 2.24) is 10.2 Å². The molecule has 0 radical (unpaired) electrons. The number of aromatic amines is 1. The zero-order valence-corrected chi connectivity index (χ0v) is 10.8. The van der Waals surface area contributed by atoms with Gasteiger partial charge in [0.1, 0.15) is 5.82 Å². The maximum absolute atomic E-state index is 5.90. The van der Waals surface area contributed by atoms with E-state index in [-0.39, 0.29) is 0 Å². The van der Waals surface area contributed by atoms with Crippen LogP contribution in [0.1, 0.15) is 12.5 Å². The summed E-state index contributed by atoms with van der Waals surface area (Å²) >= 11 is 0. The van der Waals surface area contributed by atoms with Crippen LogP contribution in [0.5, 0.6) is 11.5 Å². The molecular weight excluding hydrogens is 230 g/mol. The highest BCUT2D eigenvalue weighted by atomic mass is 16.5. The number of anilines is 1. The Morgan fingerprint density at radius 2 is 2.06 bits per heavy atom. The summed E-state index contributed by atoms with van der Waals surface area (Å²) in [6.07, 6.45) is 2.58. The number of aromatic nitrogens is 2. The van der Waals surface area contributed by atoms with E-state index in [9.17, 15) is 0 Å². The molecule has 18 heavy (non-hydrogen) atoms. The third-order valence-corrected chi connectivity index (χ3v) is 2.95. The van der Waals surface area contributed by atoms with E-state index in [1.54, 1.807) is 20.4 Å². The zero-order chi connectivity index (χ0) is 13.1. The number of nitrogen functional groups attached to an aromatic ring is 1. The van der Waals surface area contributed by atoms with Crippen LogP contribution in [0, 0.1) is 0 Å². The van der Waals surface area contributed by atoms with Crippen molar-refractivity contribution < 1.29 is 9.47 Å². The Hall–Kier alpha value is -2.17. The normalized spacial score (nSPS) is 10.4. The minimum absolute atomic E-state index is 0.524. The number of nitrogens with two attached hydrogens (primary N) is 1. The van der Waals surface area contributed by atoms with E-state index >= 15 is 0 Å². The zero-order valence-electron chi connectivity index (χ0n) is 10.8. The van der Waals surface area contributed by atoms with Gasteiger partial charge in [-0.2, -0.15) is 5.10 Å². The number of benzene rings is 1. The average Bonchev–Trinajstić information content (AvgIpc) is 2.82. The molecule has 96 valence electrons. The summed E-state index contributed by atoms with van der Waals surface area (Å²) in [5, 5.41) is 6.70. The summed E-state index contributed by atoms with van der Waals surface area (Å²) in [6.45, 7) is 2.08. The van der Waals surface area contributed by atoms with E-state index < -0.39 is 0 Å². The van der Waals surface area contributed by atoms with Gasteiger partial charge >= 0.3 is 0 Å². The van der Waals surface area contributed by atoms with Gasteiger partial charge in [-0.15, -0.1) is 0 Å². The fourth-order valence-corrected chi connectivity index (χ4v) is 2.05. The predicted molar refractivity (Wildman–Crippen MR) is 70.9 cm³/mol. The molecule has 0 saturated carbocycles. The summed E-state index contributed by atoms with van der Waals surface area (Å²) in [4.78, 5) is 0. The average molecular weight is 247 g/mol. The van der Waals surface area contributed by atoms with Crippen molar-refractivity contribution >= 4 is 5.82 Å². The standard InChI is InChI=1S/C13H17N3O2/c1-4-8-5-6-10(17-2)12(18-3)11(8)9-7-15-16-13(9)14/h5-7H,4H2,1-3H3,(H3,14,15,16). The number of H-pyrrole nitrogens is 1. The summed E-state index contributed by atoms with van der Waals surface area (Å²) in [5.41, 5.74) is 8.81. The van der Waals surface area contributed by atoms with E-state index in [1.807, 2.05) is 12.1 Å². The Balaban J connectivity index is 2.73. The minimum Gasteiger partial charge on any atom is -0.493 e. The number of hydrogen-bond acceptors (Lipinski definition) is 4. The number of rotatable bonds is 4. The smallest absolute Gasteiger partial charge is 0.168 e. The summed E-state index contributed by atoms with van der Waals surface area (Å²) in [6, 6.07) is 3.92. The summed E-state index contributed by atoms with van der Waals surface area (Å²) in [5.74, 6) is 1.89. The van der Waals surface area contributed by atoms with Crippen LogP contribution in [0.3, 0.4) is 0 Å². The fourth-order valence-electron chi connectivity index (χ4n) is 2.05. The van der Waals surface area contributed by atoms with E-state index in [0.29, 0.717) is 17.3 Å². The third kappa shape index (κ3) is 1.88. The number of methoxy groups -OCH3 is 2. The van der Waals surface area contributed by atoms with Crippen LogP contribution in [-0.4, -0.2) is 24.4 Å². The Bertz CT molecular complexity index is 549. The summed E-state index contributed by atoms with van der Waals surface area (Å²) < 4.78 is 10.8. The van der Waals surface area contributed by atoms with Crippen LogP contribution in [0.2, 0.25) is 0 Å². The lowest BCUT2D eigenvalue weighted by atomic mass is 9.98. The topological polar surface area (TPSA) is 73.2 Å². The molecule has 0 aliphatic heterocycles. The van der Waals surface area contributed by atoms with Crippen LogP contribution in [-0.2, 0) is 6.42 Å². The van der Waals surface area contributed by atoms with Crippen molar-refractivity contribution in [2.75, 3.05) is 20.0 Å². The Kier molecular flexibility index (Phi) is 3.41. The van der Waals surface area contributed by atoms with Gasteiger partial charge in [-0.25, -0.2) is 0 Å². The van der Waals surface area contributed by atoms with Crippen molar-refractivity contribution in [3.63, 3.8) is 0 Å². The van der Waals surface area contributed by atoms with Crippen molar-refractivity contribution in [2.45, 2.75) is 13.3 Å². The fraction of sp³-hybridized carbons (Fsp3) is 0.308. The molecule has 1 heterocycles. The number of ether oxygens (including phenoxy) is 2. The molecule has 0 fully saturated rings. The molecule has 0 bridgehead atoms. The van der Waals surface area contributed by atoms with E-state index in [1.165, 1.54) is 0 Å². The first-order chi connectivity index (χ1) is 8.72. The van der Waals surface area contributed by atoms with Gasteiger partial charge < -0.3 is 15.2 Å². The molecule has 3 N–H and O–H groups in total. The Morgan fingerprint density at radius 3 is 2.56 bits per heavy atom. The van der Waals surface area contributed by atoms with Crippen LogP contribution in [0.4, 0.5) is 5.82 Å². The molecule has 0 aliphatic carbocycles. The van der Waals surface area contributed by atoms with Gasteiger partial charge in [-0.1, -0.05) is 13.0 Å². The maximum atomic E-state index is 5.90. The van der Waals surface area contributed by atoms with Crippen LogP contribution >= 0.6 is 0 Å². The highest BCUT2D eigenvalue weighted by Crippen LogP contribution is 2.42. The molecule has 0 saturated heterocycles. The number of nitrogens with one attached hydrogen (secondary N) is 1. The van der Waals surface area contributed by atoms with Gasteiger partial charge in [-0.05, 0) is 18.1 Å². The Labute approximate surface area is 106 Å². The molecular formula is C13H17N3O2. The van der Waals surface area contributed by atoms with Gasteiger partial charge in [-0.3, -0.25) is 5.10 Å². The van der Waals surface area contributed by atoms with Crippen molar-refractivity contribution in [2.24, 2.45) is 0 Å². The second-order valence-corrected chi connectivity index (χ2v) is 3.89. The minimum atomic E-state index is 0.524. The van der Waals surface area contributed by atoms with E-state index in [4.69, 9.17) is 15.2 Å². The van der Waals surface area contributed by atoms with E-state index in [0.717, 1.165) is 23.1 Å². The van der Waals surface area contributed by atoms with Crippen LogP contribution in [0.15, 0.2) is 18.3 Å². The van der Waals surface area contributed by atoms with Crippen LogP contribution < -0.4 is 15.2 Å². The second kappa shape index (κ2) is 5.00. The monoisotopic (exact) mass is 247 g/mol. The largest absolute Gasteiger partial charge is 0.493 e. The Morgan fingerprint density at radius 1 is 1.28 bits per heavy atom. The predicted octanol–water partition coefficient (Wildman–Crippen LogP) is 2.24. The highest BCUT2D eigenvalue weighted by Gasteiger charge is 2.18. The molecule has 5 heteroatoms. The molecule has 0 unspecified atom stereocenters. The molecule has 2 rings (SSSR count). The lowest BCUT2D eigenvalue weighted by Gasteiger charge is -2.15. The van der Waals surface area contributed by atoms with Gasteiger partial charge in [0, 0.05) is 11.1 Å². The van der Waals surface area contributed by atoms with Gasteiger partial charge in [0.2, 0.25) is 0 Å². The summed E-state index contributed by atoms with van der Waals surface area (Å²) in [7, 11) is 3.24. The molecule has 2 aromatic rings. The molecule has 1 aromatic heterocycles. The first-order valence-corrected chi connectivity index (χ1v) is 5.76. The molecule has 5 nitrogen and oxygen atoms in total. The van der Waals surface area contributed by atoms with Gasteiger partial charge in [0.25, 0.3) is 0 Å². The molecule has 0 spiro atoms. The number of aryl methyl sites for hydroxylation is 1. The van der Waals surface area contributed by atoms with Crippen LogP contribution in [0.25, 0.3) is 11.1 Å². The molecule has 0 aliphatic rings. The maximum Gasteiger partial charge on any atom is 0.168 e. The van der Waals surface area contributed by atoms with Gasteiger partial charge in [0.15, 0.2) is 11.5 Å². The molecule has 0 amide bonds. The third-order valence-electron chi connectivity index (χ3n) is 2.95. The quantitative estimate of drug-likeness (QED) is 0.869. The first kappa shape index (κ1) is 12.3. The molecule has 0 atom stereocenters. The number of hydrogen-bond donors (Lipinski definition) is 2. The number of nitrogens with zero attached hydrogens (tertiary/aromatic N) is 1. The molecule has 1 aromatic carbocycles. The second-order valence-electron chi connectivity index (χ2n) is 3.89. The SMILES string of the molecule is CCc1ccc(OC)c(OC)c1-c1cn[nH]c1N. The van der Waals surface area contributed by atoms with Crippen molar-refractivity contribution in [3.05, 3.63) is 23.9 Å².